The van der Waals surface area contributed by atoms with E-state index in [0.29, 0.717) is 0 Å². The Kier molecular flexibility index (Phi) is 2.21. The summed E-state index contributed by atoms with van der Waals surface area (Å²) in [6.07, 6.45) is 5.13. The van der Waals surface area contributed by atoms with Gasteiger partial charge in [0, 0.05) is 6.20 Å². The highest BCUT2D eigenvalue weighted by Crippen LogP contribution is 2.40. The van der Waals surface area contributed by atoms with Crippen LogP contribution in [0.4, 0.5) is 0 Å². The van der Waals surface area contributed by atoms with Crippen LogP contribution in [-0.2, 0) is 4.57 Å². The molecule has 6 heteroatoms. The monoisotopic (exact) mass is 177 g/mol. The van der Waals surface area contributed by atoms with Gasteiger partial charge in [0.15, 0.2) is 0 Å². The molecule has 0 saturated heterocycles. The smallest absolute Gasteiger partial charge is 0.264 e. The normalized spacial score (nSPS) is 18.0. The van der Waals surface area contributed by atoms with Crippen molar-refractivity contribution in [3.8, 4) is 0 Å². The van der Waals surface area contributed by atoms with Crippen LogP contribution in [0.15, 0.2) is 23.8 Å². The Morgan fingerprint density at radius 3 is 2.40 bits per heavy atom. The molecule has 0 radical (unpaired) electrons. The summed E-state index contributed by atoms with van der Waals surface area (Å²) in [4.78, 5) is 0. The average molecular weight is 177 g/mol. The minimum Gasteiger partial charge on any atom is -0.264 e. The van der Waals surface area contributed by atoms with Crippen molar-refractivity contribution in [1.29, 1.82) is 0 Å². The Morgan fingerprint density at radius 2 is 2.10 bits per heavy atom. The van der Waals surface area contributed by atoms with Gasteiger partial charge in [0.2, 0.25) is 0 Å². The van der Waals surface area contributed by atoms with Crippen molar-refractivity contribution in [2.45, 2.75) is 0 Å². The second-order valence-electron chi connectivity index (χ2n) is 1.75. The van der Waals surface area contributed by atoms with Gasteiger partial charge >= 0.3 is 7.59 Å². The quantitative estimate of drug-likeness (QED) is 0.461. The van der Waals surface area contributed by atoms with E-state index in [4.69, 9.17) is 11.0 Å². The maximum atomic E-state index is 10.9. The predicted molar refractivity (Wildman–Crippen MR) is 43.7 cm³/mol. The zero-order chi connectivity index (χ0) is 7.61. The largest absolute Gasteiger partial charge is 0.310 e. The van der Waals surface area contributed by atoms with Crippen molar-refractivity contribution in [2.75, 3.05) is 0 Å². The molecule has 0 bridgehead atoms. The van der Waals surface area contributed by atoms with Crippen LogP contribution in [0.1, 0.15) is 0 Å². The van der Waals surface area contributed by atoms with Crippen molar-refractivity contribution in [3.63, 3.8) is 0 Å². The Hall–Kier alpha value is -0.220. The van der Waals surface area contributed by atoms with Crippen molar-refractivity contribution < 1.29 is 4.57 Å². The lowest BCUT2D eigenvalue weighted by atomic mass is 10.6. The number of nitrogens with zero attached hydrogens (tertiary/aromatic N) is 1. The Labute approximate surface area is 63.6 Å². The lowest BCUT2D eigenvalue weighted by Crippen LogP contribution is -2.18. The number of nitrogens with two attached hydrogens (primary N) is 2. The molecule has 4 nitrogen and oxygen atoms in total. The molecule has 0 atom stereocenters. The van der Waals surface area contributed by atoms with Gasteiger partial charge in [0.25, 0.3) is 0 Å². The van der Waals surface area contributed by atoms with Crippen LogP contribution in [0, 0.1) is 0 Å². The van der Waals surface area contributed by atoms with Crippen LogP contribution in [0.5, 0.6) is 0 Å². The van der Waals surface area contributed by atoms with E-state index in [-0.39, 0.29) is 0 Å². The molecule has 10 heavy (non-hydrogen) atoms. The summed E-state index contributed by atoms with van der Waals surface area (Å²) in [7, 11) is -3.08. The van der Waals surface area contributed by atoms with Crippen LogP contribution in [0.3, 0.4) is 0 Å². The first kappa shape index (κ1) is 7.88. The number of rotatable bonds is 1. The third-order valence-corrected chi connectivity index (χ3v) is 3.29. The number of hydrogen-bond donors (Lipinski definition) is 2. The second-order valence-corrected chi connectivity index (χ2v) is 4.67. The van der Waals surface area contributed by atoms with E-state index >= 15 is 0 Å². The van der Waals surface area contributed by atoms with E-state index in [1.165, 1.54) is 16.0 Å². The van der Waals surface area contributed by atoms with E-state index in [2.05, 4.69) is 0 Å². The van der Waals surface area contributed by atoms with Crippen molar-refractivity contribution in [3.05, 3.63) is 23.8 Å². The molecule has 0 amide bonds. The Morgan fingerprint density at radius 1 is 1.40 bits per heavy atom. The van der Waals surface area contributed by atoms with Gasteiger partial charge < -0.3 is 0 Å². The molecule has 0 aliphatic carbocycles. The molecular formula is C4H8N3OPS. The van der Waals surface area contributed by atoms with Crippen LogP contribution in [0.25, 0.3) is 0 Å². The maximum Gasteiger partial charge on any atom is 0.310 e. The zero-order valence-corrected chi connectivity index (χ0v) is 6.89. The molecule has 1 aliphatic heterocycles. The lowest BCUT2D eigenvalue weighted by molar-refractivity contribution is 0.559. The molecule has 1 rings (SSSR count). The Balaban J connectivity index is 2.69. The fourth-order valence-electron chi connectivity index (χ4n) is 0.479. The van der Waals surface area contributed by atoms with Crippen molar-refractivity contribution >= 4 is 19.5 Å². The maximum absolute atomic E-state index is 10.9. The van der Waals surface area contributed by atoms with Crippen LogP contribution < -0.4 is 11.0 Å². The summed E-state index contributed by atoms with van der Waals surface area (Å²) in [5, 5.41) is 1.76. The van der Waals surface area contributed by atoms with Gasteiger partial charge in [-0.1, -0.05) is 6.08 Å². The van der Waals surface area contributed by atoms with Gasteiger partial charge in [-0.25, -0.2) is 4.08 Å². The summed E-state index contributed by atoms with van der Waals surface area (Å²) in [6, 6.07) is 0. The molecule has 0 fully saturated rings. The van der Waals surface area contributed by atoms with Gasteiger partial charge in [-0.05, 0) is 23.4 Å². The lowest BCUT2D eigenvalue weighted by Gasteiger charge is -2.21. The highest BCUT2D eigenvalue weighted by Gasteiger charge is 2.17. The highest BCUT2D eigenvalue weighted by molar-refractivity contribution is 8.04. The molecular weight excluding hydrogens is 169 g/mol. The van der Waals surface area contributed by atoms with Gasteiger partial charge in [0.05, 0.1) is 0 Å². The first-order valence-electron chi connectivity index (χ1n) is 2.58. The van der Waals surface area contributed by atoms with E-state index in [1.807, 2.05) is 6.08 Å². The third-order valence-electron chi connectivity index (χ3n) is 0.880. The molecule has 56 valence electrons. The Bertz CT molecular complexity index is 221. The SMILES string of the molecule is NP(N)(=O)N1C=CC=CS1. The summed E-state index contributed by atoms with van der Waals surface area (Å²) < 4.78 is 12.3. The highest BCUT2D eigenvalue weighted by atomic mass is 32.2. The molecule has 4 N–H and O–H groups in total. The first-order chi connectivity index (χ1) is 4.61. The second kappa shape index (κ2) is 2.80. The molecule has 1 aliphatic rings. The fraction of sp³-hybridized carbons (Fsp3) is 0. The van der Waals surface area contributed by atoms with Crippen LogP contribution >= 0.6 is 19.5 Å². The molecule has 0 spiro atoms. The number of allylic oxidation sites excluding steroid dienone is 2. The van der Waals surface area contributed by atoms with E-state index in [1.54, 1.807) is 17.7 Å². The van der Waals surface area contributed by atoms with E-state index in [9.17, 15) is 4.57 Å². The van der Waals surface area contributed by atoms with Gasteiger partial charge in [-0.15, -0.1) is 0 Å². The molecule has 1 heterocycles. The first-order valence-corrected chi connectivity index (χ1v) is 5.21. The van der Waals surface area contributed by atoms with Gasteiger partial charge in [-0.2, -0.15) is 0 Å². The van der Waals surface area contributed by atoms with Crippen molar-refractivity contribution in [1.82, 2.24) is 4.08 Å². The molecule has 0 aromatic carbocycles. The predicted octanol–water partition coefficient (Wildman–Crippen LogP) is 1.00. The topological polar surface area (TPSA) is 72.3 Å². The standard InChI is InChI=1S/C4H8N3OPS/c5-9(6,8)7-3-1-2-4-10-7/h1-4H,(H4,5,6,8). The summed E-state index contributed by atoms with van der Waals surface area (Å²) >= 11 is 1.22. The minimum atomic E-state index is -3.08. The van der Waals surface area contributed by atoms with E-state index in [0.717, 1.165) is 0 Å². The summed E-state index contributed by atoms with van der Waals surface area (Å²) in [5.41, 5.74) is 10.3. The molecule has 0 saturated carbocycles. The van der Waals surface area contributed by atoms with Crippen LogP contribution in [-0.4, -0.2) is 4.08 Å². The third kappa shape index (κ3) is 1.88. The summed E-state index contributed by atoms with van der Waals surface area (Å²) in [6.45, 7) is 0. The molecule has 0 aromatic heterocycles. The zero-order valence-electron chi connectivity index (χ0n) is 5.18. The van der Waals surface area contributed by atoms with Gasteiger partial charge in [-0.3, -0.25) is 15.6 Å². The average Bonchev–Trinajstić information content (AvgIpc) is 1.88. The minimum absolute atomic E-state index is 1.22. The van der Waals surface area contributed by atoms with Crippen LogP contribution in [0.2, 0.25) is 0 Å². The molecule has 0 unspecified atom stereocenters. The van der Waals surface area contributed by atoms with Gasteiger partial charge in [0.1, 0.15) is 0 Å². The molecule has 0 aromatic rings. The van der Waals surface area contributed by atoms with E-state index < -0.39 is 7.59 Å². The summed E-state index contributed by atoms with van der Waals surface area (Å²) in [5.74, 6) is 0. The fourth-order valence-corrected chi connectivity index (χ4v) is 1.94. The number of hydrogen-bond acceptors (Lipinski definition) is 2. The van der Waals surface area contributed by atoms with Crippen molar-refractivity contribution in [2.24, 2.45) is 11.0 Å².